The molecule has 0 unspecified atom stereocenters. The van der Waals surface area contributed by atoms with Crippen LogP contribution in [0.1, 0.15) is 5.69 Å². The maximum atomic E-state index is 6.29. The van der Waals surface area contributed by atoms with Gasteiger partial charge >= 0.3 is 0 Å². The molecule has 0 spiro atoms. The van der Waals surface area contributed by atoms with Crippen LogP contribution in [0.5, 0.6) is 0 Å². The Balaban J connectivity index is 2.09. The van der Waals surface area contributed by atoms with Crippen LogP contribution >= 0.6 is 23.4 Å². The van der Waals surface area contributed by atoms with Crippen molar-refractivity contribution in [1.82, 2.24) is 10.3 Å². The van der Waals surface area contributed by atoms with Gasteiger partial charge in [0.15, 0.2) is 0 Å². The summed E-state index contributed by atoms with van der Waals surface area (Å²) in [6, 6.07) is 8.11. The Hall–Kier alpha value is -0.640. The fraction of sp³-hybridized carbons (Fsp3) is 0.333. The first-order valence-electron chi connectivity index (χ1n) is 5.27. The van der Waals surface area contributed by atoms with Gasteiger partial charge in [0.05, 0.1) is 5.02 Å². The first-order chi connectivity index (χ1) is 7.83. The van der Waals surface area contributed by atoms with Gasteiger partial charge < -0.3 is 10.3 Å². The molecule has 0 radical (unpaired) electrons. The highest BCUT2D eigenvalue weighted by molar-refractivity contribution is 7.98. The molecule has 0 amide bonds. The van der Waals surface area contributed by atoms with Crippen molar-refractivity contribution in [3.05, 3.63) is 35.0 Å². The van der Waals surface area contributed by atoms with Crippen molar-refractivity contribution in [3.8, 4) is 0 Å². The lowest BCUT2D eigenvalue weighted by molar-refractivity contribution is 0.721. The Bertz CT molecular complexity index is 467. The molecule has 0 aliphatic rings. The average molecular weight is 255 g/mol. The summed E-state index contributed by atoms with van der Waals surface area (Å²) in [7, 11) is 0. The van der Waals surface area contributed by atoms with Crippen molar-refractivity contribution >= 4 is 34.3 Å². The maximum Gasteiger partial charge on any atom is 0.0705 e. The molecular weight excluding hydrogens is 240 g/mol. The Labute approximate surface area is 105 Å². The van der Waals surface area contributed by atoms with Gasteiger partial charge in [0.25, 0.3) is 0 Å². The number of benzene rings is 1. The standard InChI is InChI=1S/C12H15ClN2S/c1-16-7-6-14-8-11-12(13)9-4-2-3-5-10(9)15-11/h2-5,14-15H,6-8H2,1H3. The third kappa shape index (κ3) is 2.54. The molecule has 0 saturated carbocycles. The summed E-state index contributed by atoms with van der Waals surface area (Å²) >= 11 is 8.13. The number of H-pyrrole nitrogens is 1. The second kappa shape index (κ2) is 5.62. The Morgan fingerprint density at radius 2 is 2.19 bits per heavy atom. The fourth-order valence-corrected chi connectivity index (χ4v) is 2.30. The van der Waals surface area contributed by atoms with Gasteiger partial charge in [0.2, 0.25) is 0 Å². The molecule has 1 heterocycles. The van der Waals surface area contributed by atoms with E-state index in [0.29, 0.717) is 0 Å². The van der Waals surface area contributed by atoms with E-state index >= 15 is 0 Å². The van der Waals surface area contributed by atoms with Crippen LogP contribution in [0, 0.1) is 0 Å². The van der Waals surface area contributed by atoms with E-state index in [4.69, 9.17) is 11.6 Å². The number of nitrogens with one attached hydrogen (secondary N) is 2. The summed E-state index contributed by atoms with van der Waals surface area (Å²) in [5, 5.41) is 5.31. The molecule has 2 nitrogen and oxygen atoms in total. The highest BCUT2D eigenvalue weighted by Crippen LogP contribution is 2.26. The molecule has 0 aliphatic heterocycles. The predicted molar refractivity (Wildman–Crippen MR) is 73.4 cm³/mol. The van der Waals surface area contributed by atoms with E-state index in [9.17, 15) is 0 Å². The quantitative estimate of drug-likeness (QED) is 0.802. The monoisotopic (exact) mass is 254 g/mol. The average Bonchev–Trinajstić information content (AvgIpc) is 2.63. The molecule has 16 heavy (non-hydrogen) atoms. The van der Waals surface area contributed by atoms with Gasteiger partial charge in [-0.05, 0) is 12.3 Å². The zero-order valence-corrected chi connectivity index (χ0v) is 10.8. The number of fused-ring (bicyclic) bond motifs is 1. The molecule has 86 valence electrons. The SMILES string of the molecule is CSCCNCc1[nH]c2ccccc2c1Cl. The molecule has 2 aromatic rings. The molecule has 1 aromatic heterocycles. The molecular formula is C12H15ClN2S. The first-order valence-corrected chi connectivity index (χ1v) is 7.05. The second-order valence-corrected chi connectivity index (χ2v) is 5.00. The van der Waals surface area contributed by atoms with Crippen LogP contribution in [0.4, 0.5) is 0 Å². The number of hydrogen-bond acceptors (Lipinski definition) is 2. The van der Waals surface area contributed by atoms with Crippen molar-refractivity contribution in [2.75, 3.05) is 18.6 Å². The number of para-hydroxylation sites is 1. The highest BCUT2D eigenvalue weighted by atomic mass is 35.5. The van der Waals surface area contributed by atoms with Crippen LogP contribution in [-0.4, -0.2) is 23.5 Å². The van der Waals surface area contributed by atoms with Gasteiger partial charge in [-0.2, -0.15) is 11.8 Å². The van der Waals surface area contributed by atoms with Crippen molar-refractivity contribution in [1.29, 1.82) is 0 Å². The van der Waals surface area contributed by atoms with Crippen LogP contribution < -0.4 is 5.32 Å². The van der Waals surface area contributed by atoms with Gasteiger partial charge in [0.1, 0.15) is 0 Å². The zero-order valence-electron chi connectivity index (χ0n) is 9.22. The lowest BCUT2D eigenvalue weighted by atomic mass is 10.2. The van der Waals surface area contributed by atoms with Gasteiger partial charge in [0, 0.05) is 35.4 Å². The third-order valence-corrected chi connectivity index (χ3v) is 3.54. The smallest absolute Gasteiger partial charge is 0.0705 e. The van der Waals surface area contributed by atoms with Gasteiger partial charge in [-0.3, -0.25) is 0 Å². The van der Waals surface area contributed by atoms with Gasteiger partial charge in [-0.15, -0.1) is 0 Å². The minimum Gasteiger partial charge on any atom is -0.356 e. The topological polar surface area (TPSA) is 27.8 Å². The lowest BCUT2D eigenvalue weighted by Gasteiger charge is -2.01. The fourth-order valence-electron chi connectivity index (χ4n) is 1.67. The summed E-state index contributed by atoms with van der Waals surface area (Å²) in [6.45, 7) is 1.81. The van der Waals surface area contributed by atoms with Gasteiger partial charge in [-0.1, -0.05) is 29.8 Å². The van der Waals surface area contributed by atoms with E-state index < -0.39 is 0 Å². The van der Waals surface area contributed by atoms with Gasteiger partial charge in [-0.25, -0.2) is 0 Å². The molecule has 0 atom stereocenters. The van der Waals surface area contributed by atoms with Crippen molar-refractivity contribution in [3.63, 3.8) is 0 Å². The van der Waals surface area contributed by atoms with Crippen LogP contribution in [-0.2, 0) is 6.54 Å². The van der Waals surface area contributed by atoms with E-state index in [1.54, 1.807) is 0 Å². The molecule has 1 aromatic carbocycles. The summed E-state index contributed by atoms with van der Waals surface area (Å²) in [5.41, 5.74) is 2.18. The Kier molecular flexibility index (Phi) is 4.16. The van der Waals surface area contributed by atoms with E-state index in [2.05, 4.69) is 16.6 Å². The van der Waals surface area contributed by atoms with Crippen molar-refractivity contribution < 1.29 is 0 Å². The molecule has 0 saturated heterocycles. The van der Waals surface area contributed by atoms with E-state index in [-0.39, 0.29) is 0 Å². The summed E-state index contributed by atoms with van der Waals surface area (Å²) in [5.74, 6) is 1.12. The summed E-state index contributed by atoms with van der Waals surface area (Å²) < 4.78 is 0. The van der Waals surface area contributed by atoms with Crippen LogP contribution in [0.3, 0.4) is 0 Å². The highest BCUT2D eigenvalue weighted by Gasteiger charge is 2.07. The van der Waals surface area contributed by atoms with Crippen molar-refractivity contribution in [2.24, 2.45) is 0 Å². The molecule has 2 N–H and O–H groups in total. The van der Waals surface area contributed by atoms with E-state index in [1.165, 1.54) is 0 Å². The molecule has 4 heteroatoms. The molecule has 0 bridgehead atoms. The minimum absolute atomic E-state index is 0.800. The Morgan fingerprint density at radius 1 is 1.38 bits per heavy atom. The zero-order chi connectivity index (χ0) is 11.4. The first kappa shape index (κ1) is 11.8. The summed E-state index contributed by atoms with van der Waals surface area (Å²) in [6.07, 6.45) is 2.11. The maximum absolute atomic E-state index is 6.29. The Morgan fingerprint density at radius 3 is 2.94 bits per heavy atom. The second-order valence-electron chi connectivity index (χ2n) is 3.63. The van der Waals surface area contributed by atoms with Crippen LogP contribution in [0.15, 0.2) is 24.3 Å². The van der Waals surface area contributed by atoms with E-state index in [0.717, 1.165) is 40.5 Å². The van der Waals surface area contributed by atoms with Crippen molar-refractivity contribution in [2.45, 2.75) is 6.54 Å². The minimum atomic E-state index is 0.800. The molecule has 0 fully saturated rings. The number of thioether (sulfide) groups is 1. The number of halogens is 1. The number of rotatable bonds is 5. The lowest BCUT2D eigenvalue weighted by Crippen LogP contribution is -2.16. The molecule has 2 rings (SSSR count). The number of aromatic amines is 1. The summed E-state index contributed by atoms with van der Waals surface area (Å²) in [4.78, 5) is 3.34. The third-order valence-electron chi connectivity index (χ3n) is 2.50. The largest absolute Gasteiger partial charge is 0.356 e. The molecule has 0 aliphatic carbocycles. The normalized spacial score (nSPS) is 11.1. The number of hydrogen-bond donors (Lipinski definition) is 2. The number of aromatic nitrogens is 1. The van der Waals surface area contributed by atoms with Crippen LogP contribution in [0.25, 0.3) is 10.9 Å². The van der Waals surface area contributed by atoms with E-state index in [1.807, 2.05) is 36.0 Å². The van der Waals surface area contributed by atoms with Crippen LogP contribution in [0.2, 0.25) is 5.02 Å². The predicted octanol–water partition coefficient (Wildman–Crippen LogP) is 3.27.